The van der Waals surface area contributed by atoms with Crippen LogP contribution in [0.3, 0.4) is 0 Å². The highest BCUT2D eigenvalue weighted by Crippen LogP contribution is 2.25. The van der Waals surface area contributed by atoms with Crippen LogP contribution >= 0.6 is 0 Å². The minimum Gasteiger partial charge on any atom is -0.490 e. The van der Waals surface area contributed by atoms with Crippen molar-refractivity contribution in [1.82, 2.24) is 4.90 Å². The largest absolute Gasteiger partial charge is 0.490 e. The molecule has 1 heterocycles. The molecule has 1 N–H and O–H groups in total. The lowest BCUT2D eigenvalue weighted by molar-refractivity contribution is -0.0675. The molecule has 1 saturated heterocycles. The van der Waals surface area contributed by atoms with E-state index in [0.29, 0.717) is 24.9 Å². The first-order valence-corrected chi connectivity index (χ1v) is 9.07. The molecule has 24 heavy (non-hydrogen) atoms. The van der Waals surface area contributed by atoms with Gasteiger partial charge in [-0.2, -0.15) is 0 Å². The van der Waals surface area contributed by atoms with E-state index in [4.69, 9.17) is 9.47 Å². The Bertz CT molecular complexity index is 519. The van der Waals surface area contributed by atoms with Crippen LogP contribution in [0.25, 0.3) is 0 Å². The summed E-state index contributed by atoms with van der Waals surface area (Å²) in [6, 6.07) is 6.55. The SMILES string of the molecule is O[C@]1(COc2cccc(F)c2)COCCN(C2CCCCCC2)C1. The molecule has 1 atom stereocenters. The molecule has 0 spiro atoms. The normalized spacial score (nSPS) is 27.4. The van der Waals surface area contributed by atoms with Crippen LogP contribution < -0.4 is 4.74 Å². The van der Waals surface area contributed by atoms with Gasteiger partial charge in [0.05, 0.1) is 13.2 Å². The summed E-state index contributed by atoms with van der Waals surface area (Å²) in [4.78, 5) is 2.37. The number of benzene rings is 1. The summed E-state index contributed by atoms with van der Waals surface area (Å²) in [5.74, 6) is 0.102. The van der Waals surface area contributed by atoms with Crippen molar-refractivity contribution in [3.8, 4) is 5.75 Å². The van der Waals surface area contributed by atoms with Gasteiger partial charge in [-0.3, -0.25) is 4.90 Å². The van der Waals surface area contributed by atoms with E-state index in [-0.39, 0.29) is 19.0 Å². The summed E-state index contributed by atoms with van der Waals surface area (Å²) < 4.78 is 24.5. The first-order chi connectivity index (χ1) is 11.6. The third-order valence-corrected chi connectivity index (χ3v) is 5.04. The Labute approximate surface area is 143 Å². The molecule has 0 aromatic heterocycles. The van der Waals surface area contributed by atoms with Crippen molar-refractivity contribution in [3.05, 3.63) is 30.1 Å². The Kier molecular flexibility index (Phi) is 6.09. The van der Waals surface area contributed by atoms with E-state index in [1.807, 2.05) is 0 Å². The maximum atomic E-state index is 13.3. The fraction of sp³-hybridized carbons (Fsp3) is 0.684. The molecule has 1 aromatic rings. The third kappa shape index (κ3) is 4.91. The molecule has 1 aromatic carbocycles. The monoisotopic (exact) mass is 337 g/mol. The van der Waals surface area contributed by atoms with E-state index in [2.05, 4.69) is 4.90 Å². The van der Waals surface area contributed by atoms with Crippen LogP contribution in [0.2, 0.25) is 0 Å². The lowest BCUT2D eigenvalue weighted by atomic mass is 10.0. The van der Waals surface area contributed by atoms with Gasteiger partial charge in [0.1, 0.15) is 23.8 Å². The van der Waals surface area contributed by atoms with Gasteiger partial charge in [0.15, 0.2) is 0 Å². The Morgan fingerprint density at radius 3 is 2.79 bits per heavy atom. The van der Waals surface area contributed by atoms with E-state index in [1.54, 1.807) is 12.1 Å². The predicted molar refractivity (Wildman–Crippen MR) is 90.7 cm³/mol. The predicted octanol–water partition coefficient (Wildman–Crippen LogP) is 2.99. The van der Waals surface area contributed by atoms with Gasteiger partial charge in [0.25, 0.3) is 0 Å². The highest BCUT2D eigenvalue weighted by molar-refractivity contribution is 5.22. The molecule has 2 aliphatic rings. The number of hydrogen-bond acceptors (Lipinski definition) is 4. The van der Waals surface area contributed by atoms with E-state index in [0.717, 1.165) is 6.54 Å². The van der Waals surface area contributed by atoms with Gasteiger partial charge in [0, 0.05) is 25.2 Å². The second-order valence-electron chi connectivity index (χ2n) is 7.14. The molecule has 4 nitrogen and oxygen atoms in total. The average molecular weight is 337 g/mol. The first kappa shape index (κ1) is 17.6. The standard InChI is InChI=1S/C19H28FNO3/c20-16-6-5-9-18(12-16)24-15-19(22)13-21(10-11-23-14-19)17-7-3-1-2-4-8-17/h5-6,9,12,17,22H,1-4,7-8,10-11,13-15H2/t19-/m0/s1. The smallest absolute Gasteiger partial charge is 0.134 e. The van der Waals surface area contributed by atoms with Crippen molar-refractivity contribution in [2.75, 3.05) is 32.9 Å². The highest BCUT2D eigenvalue weighted by atomic mass is 19.1. The Balaban J connectivity index is 1.61. The molecule has 1 aliphatic heterocycles. The van der Waals surface area contributed by atoms with E-state index < -0.39 is 5.60 Å². The van der Waals surface area contributed by atoms with Gasteiger partial charge in [-0.1, -0.05) is 31.7 Å². The molecule has 0 amide bonds. The second kappa shape index (κ2) is 8.28. The van der Waals surface area contributed by atoms with Crippen LogP contribution in [-0.2, 0) is 4.74 Å². The first-order valence-electron chi connectivity index (χ1n) is 9.07. The van der Waals surface area contributed by atoms with Crippen LogP contribution in [0.15, 0.2) is 24.3 Å². The van der Waals surface area contributed by atoms with Crippen molar-refractivity contribution in [2.45, 2.75) is 50.2 Å². The lowest BCUT2D eigenvalue weighted by Crippen LogP contribution is -2.51. The molecular weight excluding hydrogens is 309 g/mol. The minimum absolute atomic E-state index is 0.111. The van der Waals surface area contributed by atoms with Gasteiger partial charge >= 0.3 is 0 Å². The van der Waals surface area contributed by atoms with E-state index in [9.17, 15) is 9.50 Å². The molecule has 0 unspecified atom stereocenters. The quantitative estimate of drug-likeness (QED) is 0.858. The molecule has 1 saturated carbocycles. The molecule has 2 fully saturated rings. The summed E-state index contributed by atoms with van der Waals surface area (Å²) in [5, 5.41) is 11.0. The van der Waals surface area contributed by atoms with Crippen LogP contribution in [-0.4, -0.2) is 54.6 Å². The summed E-state index contributed by atoms with van der Waals surface area (Å²) in [5.41, 5.74) is -1.06. The molecule has 134 valence electrons. The number of ether oxygens (including phenoxy) is 2. The third-order valence-electron chi connectivity index (χ3n) is 5.04. The number of hydrogen-bond donors (Lipinski definition) is 1. The fourth-order valence-electron chi connectivity index (χ4n) is 3.74. The number of rotatable bonds is 4. The van der Waals surface area contributed by atoms with Crippen molar-refractivity contribution in [3.63, 3.8) is 0 Å². The summed E-state index contributed by atoms with van der Waals surface area (Å²) in [6.45, 7) is 2.41. The van der Waals surface area contributed by atoms with Crippen LogP contribution in [0, 0.1) is 5.82 Å². The van der Waals surface area contributed by atoms with Gasteiger partial charge < -0.3 is 14.6 Å². The Hall–Kier alpha value is -1.17. The zero-order valence-electron chi connectivity index (χ0n) is 14.3. The summed E-state index contributed by atoms with van der Waals surface area (Å²) in [7, 11) is 0. The molecular formula is C19H28FNO3. The van der Waals surface area contributed by atoms with Crippen molar-refractivity contribution >= 4 is 0 Å². The molecule has 5 heteroatoms. The number of nitrogens with zero attached hydrogens (tertiary/aromatic N) is 1. The average Bonchev–Trinajstić information content (AvgIpc) is 2.94. The van der Waals surface area contributed by atoms with Gasteiger partial charge in [-0.05, 0) is 25.0 Å². The van der Waals surface area contributed by atoms with Gasteiger partial charge in [-0.25, -0.2) is 4.39 Å². The summed E-state index contributed by atoms with van der Waals surface area (Å²) >= 11 is 0. The van der Waals surface area contributed by atoms with Gasteiger partial charge in [0.2, 0.25) is 0 Å². The topological polar surface area (TPSA) is 41.9 Å². The van der Waals surface area contributed by atoms with Crippen molar-refractivity contribution in [2.24, 2.45) is 0 Å². The maximum absolute atomic E-state index is 13.3. The Morgan fingerprint density at radius 2 is 2.04 bits per heavy atom. The number of aliphatic hydroxyl groups is 1. The molecule has 0 bridgehead atoms. The van der Waals surface area contributed by atoms with Gasteiger partial charge in [-0.15, -0.1) is 0 Å². The van der Waals surface area contributed by atoms with Crippen molar-refractivity contribution < 1.29 is 19.0 Å². The fourth-order valence-corrected chi connectivity index (χ4v) is 3.74. The highest BCUT2D eigenvalue weighted by Gasteiger charge is 2.36. The van der Waals surface area contributed by atoms with Crippen LogP contribution in [0.4, 0.5) is 4.39 Å². The van der Waals surface area contributed by atoms with E-state index >= 15 is 0 Å². The van der Waals surface area contributed by atoms with Crippen LogP contribution in [0.5, 0.6) is 5.75 Å². The Morgan fingerprint density at radius 1 is 1.25 bits per heavy atom. The second-order valence-corrected chi connectivity index (χ2v) is 7.14. The zero-order chi connectivity index (χ0) is 16.8. The minimum atomic E-state index is -1.06. The number of halogens is 1. The zero-order valence-corrected chi connectivity index (χ0v) is 14.3. The summed E-state index contributed by atoms with van der Waals surface area (Å²) in [6.07, 6.45) is 7.55. The lowest BCUT2D eigenvalue weighted by Gasteiger charge is -2.35. The maximum Gasteiger partial charge on any atom is 0.134 e. The molecule has 3 rings (SSSR count). The molecule has 1 aliphatic carbocycles. The van der Waals surface area contributed by atoms with E-state index in [1.165, 1.54) is 50.7 Å². The van der Waals surface area contributed by atoms with Crippen LogP contribution in [0.1, 0.15) is 38.5 Å². The van der Waals surface area contributed by atoms with Crippen molar-refractivity contribution in [1.29, 1.82) is 0 Å². The molecule has 0 radical (unpaired) electrons. The number of β-amino-alcohol motifs (C(OH)–C–C–N with tert-alkyl or cyclic N) is 1.